The highest BCUT2D eigenvalue weighted by molar-refractivity contribution is 5.32. The van der Waals surface area contributed by atoms with Gasteiger partial charge in [-0.05, 0) is 5.56 Å². The smallest absolute Gasteiger partial charge is 0.282 e. The fourth-order valence-electron chi connectivity index (χ4n) is 1.86. The van der Waals surface area contributed by atoms with Gasteiger partial charge in [-0.2, -0.15) is 4.98 Å². The highest BCUT2D eigenvalue weighted by atomic mass is 16.7. The molecule has 1 aromatic heterocycles. The van der Waals surface area contributed by atoms with Gasteiger partial charge in [0.15, 0.2) is 5.03 Å². The number of nitrogens with one attached hydrogen (secondary N) is 1. The van der Waals surface area contributed by atoms with E-state index >= 15 is 0 Å². The first-order chi connectivity index (χ1) is 10.7. The van der Waals surface area contributed by atoms with Crippen LogP contribution in [0.4, 0.5) is 5.69 Å². The molecule has 10 nitrogen and oxygen atoms in total. The SMILES string of the molecule is CC(C)(C)c1n/c(=N\[N+](=O)[O-])n(Cc2ccc([N+](=O)[O-])cc2)[nH]1. The van der Waals surface area contributed by atoms with E-state index in [9.17, 15) is 20.2 Å². The summed E-state index contributed by atoms with van der Waals surface area (Å²) in [5, 5.41) is 26.7. The zero-order valence-corrected chi connectivity index (χ0v) is 12.9. The first-order valence-corrected chi connectivity index (χ1v) is 6.76. The minimum absolute atomic E-state index is 0.0195. The molecule has 0 saturated carbocycles. The minimum Gasteiger partial charge on any atom is -0.282 e. The number of hydrogen-bond donors (Lipinski definition) is 1. The van der Waals surface area contributed by atoms with Crippen molar-refractivity contribution in [3.63, 3.8) is 0 Å². The van der Waals surface area contributed by atoms with Crippen molar-refractivity contribution < 1.29 is 9.96 Å². The maximum atomic E-state index is 10.7. The molecule has 10 heteroatoms. The molecular formula is C13H16N6O4. The van der Waals surface area contributed by atoms with Crippen molar-refractivity contribution in [1.29, 1.82) is 0 Å². The molecule has 0 spiro atoms. The van der Waals surface area contributed by atoms with Crippen molar-refractivity contribution in [1.82, 2.24) is 14.8 Å². The Morgan fingerprint density at radius 2 is 1.83 bits per heavy atom. The molecule has 0 amide bonds. The van der Waals surface area contributed by atoms with Gasteiger partial charge in [0.05, 0.1) is 11.5 Å². The first kappa shape index (κ1) is 16.3. The van der Waals surface area contributed by atoms with E-state index < -0.39 is 9.96 Å². The summed E-state index contributed by atoms with van der Waals surface area (Å²) in [4.78, 5) is 25.0. The number of non-ortho nitro benzene ring substituents is 1. The molecular weight excluding hydrogens is 304 g/mol. The third-order valence-corrected chi connectivity index (χ3v) is 3.06. The van der Waals surface area contributed by atoms with Crippen LogP contribution in [-0.4, -0.2) is 24.7 Å². The van der Waals surface area contributed by atoms with Gasteiger partial charge in [0.2, 0.25) is 0 Å². The van der Waals surface area contributed by atoms with Crippen molar-refractivity contribution in [3.8, 4) is 0 Å². The number of H-pyrrole nitrogens is 1. The molecule has 1 N–H and O–H groups in total. The highest BCUT2D eigenvalue weighted by Crippen LogP contribution is 2.17. The molecule has 0 bridgehead atoms. The number of nitro groups is 2. The van der Waals surface area contributed by atoms with Gasteiger partial charge in [0.25, 0.3) is 5.69 Å². The molecule has 0 radical (unpaired) electrons. The van der Waals surface area contributed by atoms with Crippen LogP contribution in [0.5, 0.6) is 0 Å². The third-order valence-electron chi connectivity index (χ3n) is 3.06. The molecule has 0 saturated heterocycles. The van der Waals surface area contributed by atoms with E-state index in [1.807, 2.05) is 20.8 Å². The van der Waals surface area contributed by atoms with Crippen LogP contribution in [0.3, 0.4) is 0 Å². The summed E-state index contributed by atoms with van der Waals surface area (Å²) < 4.78 is 1.44. The van der Waals surface area contributed by atoms with E-state index in [1.165, 1.54) is 16.8 Å². The Labute approximate surface area is 130 Å². The molecule has 1 aromatic carbocycles. The van der Waals surface area contributed by atoms with Crippen LogP contribution in [0, 0.1) is 20.2 Å². The van der Waals surface area contributed by atoms with Crippen LogP contribution in [0.25, 0.3) is 0 Å². The van der Waals surface area contributed by atoms with Gasteiger partial charge in [0.1, 0.15) is 10.9 Å². The van der Waals surface area contributed by atoms with Gasteiger partial charge in [-0.25, -0.2) is 14.8 Å². The van der Waals surface area contributed by atoms with Crippen LogP contribution in [0.15, 0.2) is 29.4 Å². The lowest BCUT2D eigenvalue weighted by Gasteiger charge is -2.13. The lowest BCUT2D eigenvalue weighted by Crippen LogP contribution is -2.22. The average molecular weight is 320 g/mol. The monoisotopic (exact) mass is 320 g/mol. The summed E-state index contributed by atoms with van der Waals surface area (Å²) in [6, 6.07) is 5.92. The first-order valence-electron chi connectivity index (χ1n) is 6.76. The van der Waals surface area contributed by atoms with Gasteiger partial charge < -0.3 is 0 Å². The molecule has 23 heavy (non-hydrogen) atoms. The second kappa shape index (κ2) is 5.99. The predicted octanol–water partition coefficient (Wildman–Crippen LogP) is 1.56. The average Bonchev–Trinajstić information content (AvgIpc) is 2.81. The standard InChI is InChI=1S/C13H16N6O4/c1-13(2,3)11-14-12(16-19(22)23)17(15-11)8-9-4-6-10(7-5-9)18(20)21/h4-7H,8H2,1-3H3,(H,14,15,16). The summed E-state index contributed by atoms with van der Waals surface area (Å²) in [5.74, 6) is 0.556. The lowest BCUT2D eigenvalue weighted by molar-refractivity contribution is -0.491. The number of rotatable bonds is 4. The Morgan fingerprint density at radius 3 is 2.30 bits per heavy atom. The minimum atomic E-state index is -0.811. The maximum Gasteiger partial charge on any atom is 0.318 e. The van der Waals surface area contributed by atoms with Gasteiger partial charge in [-0.15, -0.1) is 0 Å². The Morgan fingerprint density at radius 1 is 1.22 bits per heavy atom. The quantitative estimate of drug-likeness (QED) is 0.674. The summed E-state index contributed by atoms with van der Waals surface area (Å²) in [6.07, 6.45) is 0. The van der Waals surface area contributed by atoms with E-state index in [0.29, 0.717) is 5.82 Å². The summed E-state index contributed by atoms with van der Waals surface area (Å²) in [7, 11) is 0. The second-order valence-electron chi connectivity index (χ2n) is 5.97. The Kier molecular flexibility index (Phi) is 4.25. The number of aromatic nitrogens is 3. The number of hydrogen-bond acceptors (Lipinski definition) is 5. The van der Waals surface area contributed by atoms with Crippen molar-refractivity contribution in [2.45, 2.75) is 32.7 Å². The van der Waals surface area contributed by atoms with Crippen LogP contribution in [-0.2, 0) is 12.0 Å². The van der Waals surface area contributed by atoms with E-state index in [-0.39, 0.29) is 23.3 Å². The molecule has 0 fully saturated rings. The fraction of sp³-hybridized carbons (Fsp3) is 0.385. The molecule has 0 atom stereocenters. The number of benzene rings is 1. The normalized spacial score (nSPS) is 12.4. The van der Waals surface area contributed by atoms with Gasteiger partial charge >= 0.3 is 5.62 Å². The maximum absolute atomic E-state index is 10.7. The molecule has 2 rings (SSSR count). The number of nitrogens with zero attached hydrogens (tertiary/aromatic N) is 5. The number of nitro benzene ring substituents is 1. The van der Waals surface area contributed by atoms with Crippen molar-refractivity contribution in [2.75, 3.05) is 0 Å². The Hall–Kier alpha value is -3.04. The van der Waals surface area contributed by atoms with Crippen LogP contribution in [0.1, 0.15) is 32.2 Å². The van der Waals surface area contributed by atoms with Crippen LogP contribution in [0.2, 0.25) is 0 Å². The Bertz CT molecular complexity index is 797. The van der Waals surface area contributed by atoms with Crippen molar-refractivity contribution in [2.24, 2.45) is 5.10 Å². The summed E-state index contributed by atoms with van der Waals surface area (Å²) in [5.41, 5.74) is 0.318. The third kappa shape index (κ3) is 3.99. The highest BCUT2D eigenvalue weighted by Gasteiger charge is 2.20. The lowest BCUT2D eigenvalue weighted by atomic mass is 9.96. The van der Waals surface area contributed by atoms with Crippen molar-refractivity contribution in [3.05, 3.63) is 61.5 Å². The zero-order valence-electron chi connectivity index (χ0n) is 12.9. The zero-order chi connectivity index (χ0) is 17.2. The molecule has 0 aliphatic carbocycles. The van der Waals surface area contributed by atoms with Gasteiger partial charge in [-0.3, -0.25) is 15.2 Å². The molecule has 0 aliphatic rings. The molecule has 122 valence electrons. The summed E-state index contributed by atoms with van der Waals surface area (Å²) in [6.45, 7) is 5.97. The largest absolute Gasteiger partial charge is 0.318 e. The molecule has 0 unspecified atom stereocenters. The predicted molar refractivity (Wildman–Crippen MR) is 80.0 cm³/mol. The second-order valence-corrected chi connectivity index (χ2v) is 5.97. The van der Waals surface area contributed by atoms with Gasteiger partial charge in [0, 0.05) is 17.5 Å². The van der Waals surface area contributed by atoms with Crippen molar-refractivity contribution >= 4 is 5.69 Å². The fourth-order valence-corrected chi connectivity index (χ4v) is 1.86. The van der Waals surface area contributed by atoms with E-state index in [2.05, 4.69) is 15.2 Å². The van der Waals surface area contributed by atoms with Gasteiger partial charge in [-0.1, -0.05) is 32.9 Å². The van der Waals surface area contributed by atoms with E-state index in [1.54, 1.807) is 12.1 Å². The Balaban J connectivity index is 2.40. The molecule has 2 aromatic rings. The topological polar surface area (TPSA) is 132 Å². The summed E-state index contributed by atoms with van der Waals surface area (Å²) >= 11 is 0. The van der Waals surface area contributed by atoms with E-state index in [0.717, 1.165) is 5.56 Å². The van der Waals surface area contributed by atoms with E-state index in [4.69, 9.17) is 0 Å². The molecule has 0 aliphatic heterocycles. The number of aromatic amines is 1. The molecule has 1 heterocycles. The van der Waals surface area contributed by atoms with Crippen LogP contribution >= 0.6 is 0 Å². The van der Waals surface area contributed by atoms with Crippen LogP contribution < -0.4 is 5.62 Å².